The average Bonchev–Trinajstić information content (AvgIpc) is 2.76. The maximum atomic E-state index is 11.4. The molecule has 1 aromatic carbocycles. The quantitative estimate of drug-likeness (QED) is 0.765. The highest BCUT2D eigenvalue weighted by Crippen LogP contribution is 2.46. The molecular formula is C14H14ClNO2. The van der Waals surface area contributed by atoms with Crippen LogP contribution in [0, 0.1) is 12.8 Å². The number of fused-ring (bicyclic) bond motifs is 3. The van der Waals surface area contributed by atoms with Crippen LogP contribution in [0.25, 0.3) is 0 Å². The summed E-state index contributed by atoms with van der Waals surface area (Å²) in [5.74, 6) is -0.527. The molecule has 0 unspecified atom stereocenters. The minimum Gasteiger partial charge on any atom is -0.480 e. The zero-order valence-electron chi connectivity index (χ0n) is 9.98. The molecule has 3 atom stereocenters. The van der Waals surface area contributed by atoms with E-state index in [0.717, 1.165) is 23.2 Å². The Kier molecular flexibility index (Phi) is 2.59. The number of nitrogens with one attached hydrogen (secondary N) is 1. The van der Waals surface area contributed by atoms with Crippen LogP contribution in [-0.2, 0) is 4.79 Å². The first-order valence-corrected chi connectivity index (χ1v) is 6.42. The summed E-state index contributed by atoms with van der Waals surface area (Å²) in [6.45, 7) is 1.95. The second kappa shape index (κ2) is 4.02. The van der Waals surface area contributed by atoms with Crippen LogP contribution >= 0.6 is 11.6 Å². The number of carbonyl (C=O) groups is 1. The maximum Gasteiger partial charge on any atom is 0.326 e. The molecule has 94 valence electrons. The fourth-order valence-corrected chi connectivity index (χ4v) is 3.37. The summed E-state index contributed by atoms with van der Waals surface area (Å²) in [6.07, 6.45) is 4.98. The molecule has 3 rings (SSSR count). The molecule has 0 fully saturated rings. The Morgan fingerprint density at radius 2 is 2.28 bits per heavy atom. The van der Waals surface area contributed by atoms with Crippen LogP contribution in [0.3, 0.4) is 0 Å². The standard InChI is InChI=1S/C14H14ClNO2/c1-7-5-8(15)6-11-9-3-2-4-10(9)13(14(17)18)16-12(7)11/h2-3,5-6,9-10,13,16H,4H2,1H3,(H,17,18)/t9-,10-,13+/m0/s1. The van der Waals surface area contributed by atoms with Gasteiger partial charge in [0.2, 0.25) is 0 Å². The van der Waals surface area contributed by atoms with Gasteiger partial charge in [-0.2, -0.15) is 0 Å². The normalized spacial score (nSPS) is 28.4. The molecule has 18 heavy (non-hydrogen) atoms. The van der Waals surface area contributed by atoms with Gasteiger partial charge in [0.25, 0.3) is 0 Å². The summed E-state index contributed by atoms with van der Waals surface area (Å²) in [7, 11) is 0. The third-order valence-electron chi connectivity index (χ3n) is 3.90. The monoisotopic (exact) mass is 263 g/mol. The van der Waals surface area contributed by atoms with Crippen molar-refractivity contribution in [2.75, 3.05) is 5.32 Å². The molecule has 1 aromatic rings. The Morgan fingerprint density at radius 1 is 1.50 bits per heavy atom. The smallest absolute Gasteiger partial charge is 0.326 e. The summed E-state index contributed by atoms with van der Waals surface area (Å²) in [4.78, 5) is 11.4. The molecule has 0 saturated heterocycles. The number of benzene rings is 1. The summed E-state index contributed by atoms with van der Waals surface area (Å²) in [5.41, 5.74) is 3.05. The summed E-state index contributed by atoms with van der Waals surface area (Å²) in [6, 6.07) is 3.30. The Bertz CT molecular complexity index is 553. The SMILES string of the molecule is Cc1cc(Cl)cc2c1N[C@@H](C(=O)O)[C@H]1CC=C[C@H]21. The van der Waals surface area contributed by atoms with E-state index in [0.29, 0.717) is 5.02 Å². The van der Waals surface area contributed by atoms with E-state index in [-0.39, 0.29) is 11.8 Å². The number of hydrogen-bond donors (Lipinski definition) is 2. The van der Waals surface area contributed by atoms with Gasteiger partial charge in [-0.25, -0.2) is 4.79 Å². The van der Waals surface area contributed by atoms with E-state index in [2.05, 4.69) is 17.5 Å². The fraction of sp³-hybridized carbons (Fsp3) is 0.357. The van der Waals surface area contributed by atoms with E-state index < -0.39 is 12.0 Å². The second-order valence-corrected chi connectivity index (χ2v) is 5.44. The van der Waals surface area contributed by atoms with Crippen molar-refractivity contribution in [3.05, 3.63) is 40.4 Å². The van der Waals surface area contributed by atoms with Crippen LogP contribution in [0.2, 0.25) is 5.02 Å². The van der Waals surface area contributed by atoms with E-state index in [1.54, 1.807) is 0 Å². The third-order valence-corrected chi connectivity index (χ3v) is 4.12. The van der Waals surface area contributed by atoms with Crippen LogP contribution in [0.4, 0.5) is 5.69 Å². The highest BCUT2D eigenvalue weighted by molar-refractivity contribution is 6.30. The highest BCUT2D eigenvalue weighted by atomic mass is 35.5. The zero-order valence-corrected chi connectivity index (χ0v) is 10.7. The van der Waals surface area contributed by atoms with Gasteiger partial charge in [-0.3, -0.25) is 0 Å². The van der Waals surface area contributed by atoms with Gasteiger partial charge < -0.3 is 10.4 Å². The molecule has 0 bridgehead atoms. The first-order valence-electron chi connectivity index (χ1n) is 6.04. The van der Waals surface area contributed by atoms with Crippen LogP contribution in [0.1, 0.15) is 23.5 Å². The lowest BCUT2D eigenvalue weighted by Gasteiger charge is -2.35. The Hall–Kier alpha value is -1.48. The van der Waals surface area contributed by atoms with Crippen LogP contribution in [0.15, 0.2) is 24.3 Å². The first kappa shape index (κ1) is 11.6. The molecule has 2 N–H and O–H groups in total. The minimum absolute atomic E-state index is 0.0906. The van der Waals surface area contributed by atoms with E-state index >= 15 is 0 Å². The van der Waals surface area contributed by atoms with E-state index in [4.69, 9.17) is 11.6 Å². The van der Waals surface area contributed by atoms with Crippen molar-refractivity contribution in [3.63, 3.8) is 0 Å². The lowest BCUT2D eigenvalue weighted by Crippen LogP contribution is -2.42. The predicted octanol–water partition coefficient (Wildman–Crippen LogP) is 3.19. The van der Waals surface area contributed by atoms with E-state index in [1.165, 1.54) is 0 Å². The first-order chi connectivity index (χ1) is 8.58. The molecular weight excluding hydrogens is 250 g/mol. The number of allylic oxidation sites excluding steroid dienone is 2. The lowest BCUT2D eigenvalue weighted by molar-refractivity contribution is -0.139. The van der Waals surface area contributed by atoms with Crippen molar-refractivity contribution in [1.82, 2.24) is 0 Å². The number of hydrogen-bond acceptors (Lipinski definition) is 2. The molecule has 3 nitrogen and oxygen atoms in total. The van der Waals surface area contributed by atoms with Crippen LogP contribution in [-0.4, -0.2) is 17.1 Å². The summed E-state index contributed by atoms with van der Waals surface area (Å²) < 4.78 is 0. The number of halogens is 1. The Balaban J connectivity index is 2.14. The summed E-state index contributed by atoms with van der Waals surface area (Å²) in [5, 5.41) is 13.2. The van der Waals surface area contributed by atoms with Crippen LogP contribution < -0.4 is 5.32 Å². The number of carboxylic acids is 1. The van der Waals surface area contributed by atoms with E-state index in [9.17, 15) is 9.90 Å². The summed E-state index contributed by atoms with van der Waals surface area (Å²) >= 11 is 6.10. The molecule has 2 aliphatic rings. The van der Waals surface area contributed by atoms with Crippen molar-refractivity contribution in [2.24, 2.45) is 5.92 Å². The van der Waals surface area contributed by atoms with Crippen LogP contribution in [0.5, 0.6) is 0 Å². The molecule has 0 aromatic heterocycles. The maximum absolute atomic E-state index is 11.4. The molecule has 0 amide bonds. The third kappa shape index (κ3) is 1.62. The molecule has 1 heterocycles. The van der Waals surface area contributed by atoms with Crippen molar-refractivity contribution in [2.45, 2.75) is 25.3 Å². The van der Waals surface area contributed by atoms with Gasteiger partial charge in [0.15, 0.2) is 0 Å². The van der Waals surface area contributed by atoms with Gasteiger partial charge >= 0.3 is 5.97 Å². The van der Waals surface area contributed by atoms with Crippen molar-refractivity contribution in [3.8, 4) is 0 Å². The second-order valence-electron chi connectivity index (χ2n) is 5.00. The Morgan fingerprint density at radius 3 is 3.00 bits per heavy atom. The van der Waals surface area contributed by atoms with Gasteiger partial charge in [0.05, 0.1) is 0 Å². The number of anilines is 1. The van der Waals surface area contributed by atoms with Gasteiger partial charge in [0, 0.05) is 22.5 Å². The Labute approximate surface area is 110 Å². The van der Waals surface area contributed by atoms with Gasteiger partial charge in [-0.15, -0.1) is 0 Å². The zero-order chi connectivity index (χ0) is 12.9. The van der Waals surface area contributed by atoms with Crippen molar-refractivity contribution in [1.29, 1.82) is 0 Å². The van der Waals surface area contributed by atoms with Gasteiger partial charge in [-0.05, 0) is 36.6 Å². The van der Waals surface area contributed by atoms with E-state index in [1.807, 2.05) is 19.1 Å². The molecule has 0 spiro atoms. The lowest BCUT2D eigenvalue weighted by atomic mass is 9.78. The molecule has 1 aliphatic carbocycles. The molecule has 1 aliphatic heterocycles. The fourth-order valence-electron chi connectivity index (χ4n) is 3.09. The topological polar surface area (TPSA) is 49.3 Å². The molecule has 0 saturated carbocycles. The predicted molar refractivity (Wildman–Crippen MR) is 71.2 cm³/mol. The molecule has 0 radical (unpaired) electrons. The number of carboxylic acid groups (broad SMARTS) is 1. The average molecular weight is 264 g/mol. The minimum atomic E-state index is -0.784. The number of aliphatic carboxylic acids is 1. The molecule has 4 heteroatoms. The number of aryl methyl sites for hydroxylation is 1. The van der Waals surface area contributed by atoms with Gasteiger partial charge in [-0.1, -0.05) is 23.8 Å². The highest BCUT2D eigenvalue weighted by Gasteiger charge is 2.41. The van der Waals surface area contributed by atoms with Gasteiger partial charge in [0.1, 0.15) is 6.04 Å². The van der Waals surface area contributed by atoms with Crippen molar-refractivity contribution >= 4 is 23.3 Å². The van der Waals surface area contributed by atoms with Crippen molar-refractivity contribution < 1.29 is 9.90 Å². The largest absolute Gasteiger partial charge is 0.480 e. The number of rotatable bonds is 1.